The highest BCUT2D eigenvalue weighted by Crippen LogP contribution is 2.30. The van der Waals surface area contributed by atoms with Gasteiger partial charge in [0.25, 0.3) is 0 Å². The summed E-state index contributed by atoms with van der Waals surface area (Å²) in [6.07, 6.45) is 11.7. The summed E-state index contributed by atoms with van der Waals surface area (Å²) in [5.74, 6) is -7.32. The fourth-order valence-electron chi connectivity index (χ4n) is 17.1. The van der Waals surface area contributed by atoms with Gasteiger partial charge in [0, 0.05) is 86.1 Å². The van der Waals surface area contributed by atoms with Gasteiger partial charge in [-0.1, -0.05) is 188 Å². The van der Waals surface area contributed by atoms with Gasteiger partial charge in [-0.15, -0.1) is 0 Å². The lowest BCUT2D eigenvalue weighted by molar-refractivity contribution is -0.151. The topological polar surface area (TPSA) is 443 Å². The number of para-hydroxylation sites is 2. The summed E-state index contributed by atoms with van der Waals surface area (Å²) in [6.45, 7) is 4.72. The third kappa shape index (κ3) is 31.7. The third-order valence-corrected chi connectivity index (χ3v) is 25.5. The molecule has 0 fully saturated rings. The van der Waals surface area contributed by atoms with E-state index in [1.165, 1.54) is 60.2 Å². The fraction of sp³-hybridized carbons (Fsp3) is 0.419. The van der Waals surface area contributed by atoms with Gasteiger partial charge < -0.3 is 103 Å². The maximum atomic E-state index is 16.1. The number of carbonyl (C=O) groups is 12. The minimum atomic E-state index is -0.862. The maximum Gasteiger partial charge on any atom is 0.243 e. The van der Waals surface area contributed by atoms with Crippen LogP contribution in [0.3, 0.4) is 0 Å². The van der Waals surface area contributed by atoms with E-state index in [1.54, 1.807) is 126 Å². The third-order valence-electron chi connectivity index (χ3n) is 25.5. The lowest BCUT2D eigenvalue weighted by Gasteiger charge is -2.37. The summed E-state index contributed by atoms with van der Waals surface area (Å²) < 4.78 is 0. The van der Waals surface area contributed by atoms with E-state index in [0.29, 0.717) is 92.4 Å². The SMILES string of the molecule is C[C@@H](c1ccccc1)N(CC(N)=O)C(=O)CN(CCCCN)C(=O)CN(CCc1c[nH]cn1)C(=O)CN(C(=O)CN(C(=O)CN(CCCCN)C(=O)CN(C(=O)CN(C(=O)CN(CCCCN)C(=O)CN(CCc1c[nH]c2ccccc12)C(=O)CN(CCc1c[nH]c2ccccc12)C(=O)CNCCCCN)[C@@H](C)c1ccccc1)[C@@H](C)c1ccccc1)[C@@H](C)c1ccccc1)[C@@H](C)c1ccccc1. The zero-order valence-corrected chi connectivity index (χ0v) is 80.4. The number of fused-ring (bicyclic) bond motifs is 2. The molecule has 33 heteroatoms. The molecule has 3 heterocycles. The van der Waals surface area contributed by atoms with Gasteiger partial charge >= 0.3 is 0 Å². The van der Waals surface area contributed by atoms with Crippen molar-refractivity contribution in [3.63, 3.8) is 0 Å². The normalized spacial score (nSPS) is 12.3. The molecule has 0 aliphatic carbocycles. The molecule has 0 aliphatic heterocycles. The molecule has 138 heavy (non-hydrogen) atoms. The highest BCUT2D eigenvalue weighted by atomic mass is 16.2. The Morgan fingerprint density at radius 2 is 0.565 bits per heavy atom. The van der Waals surface area contributed by atoms with Crippen molar-refractivity contribution in [2.75, 3.05) is 151 Å². The molecule has 0 saturated carbocycles. The number of nitrogens with two attached hydrogens (primary N) is 5. The quantitative estimate of drug-likeness (QED) is 0.0162. The van der Waals surface area contributed by atoms with E-state index >= 15 is 43.2 Å². The van der Waals surface area contributed by atoms with Crippen molar-refractivity contribution in [3.8, 4) is 0 Å². The summed E-state index contributed by atoms with van der Waals surface area (Å²) in [6, 6.07) is 56.8. The van der Waals surface area contributed by atoms with Crippen molar-refractivity contribution in [3.05, 3.63) is 270 Å². The molecule has 0 unspecified atom stereocenters. The molecule has 12 amide bonds. The second kappa shape index (κ2) is 55.5. The minimum absolute atomic E-state index is 0.0284. The Balaban J connectivity index is 0.938. The van der Waals surface area contributed by atoms with E-state index in [0.717, 1.165) is 51.3 Å². The molecule has 7 aromatic carbocycles. The van der Waals surface area contributed by atoms with Crippen LogP contribution in [0.4, 0.5) is 0 Å². The Labute approximate surface area is 809 Å². The van der Waals surface area contributed by atoms with Crippen LogP contribution in [-0.4, -0.2) is 295 Å². The van der Waals surface area contributed by atoms with E-state index in [2.05, 4.69) is 25.3 Å². The Morgan fingerprint density at radius 3 is 0.884 bits per heavy atom. The van der Waals surface area contributed by atoms with Gasteiger partial charge in [0.1, 0.15) is 26.2 Å². The van der Waals surface area contributed by atoms with Gasteiger partial charge in [-0.25, -0.2) is 4.98 Å². The van der Waals surface area contributed by atoms with Crippen molar-refractivity contribution >= 4 is 92.7 Å². The second-order valence-corrected chi connectivity index (χ2v) is 35.1. The smallest absolute Gasteiger partial charge is 0.243 e. The number of imidazole rings is 1. The molecule has 0 bridgehead atoms. The predicted molar refractivity (Wildman–Crippen MR) is 534 cm³/mol. The Kier molecular flexibility index (Phi) is 42.7. The summed E-state index contributed by atoms with van der Waals surface area (Å²) in [5.41, 5.74) is 37.3. The van der Waals surface area contributed by atoms with Crippen LogP contribution >= 0.6 is 0 Å². The first-order valence-corrected chi connectivity index (χ1v) is 48.0. The molecule has 0 saturated heterocycles. The predicted octanol–water partition coefficient (Wildman–Crippen LogP) is 8.35. The molecule has 0 radical (unpaired) electrons. The van der Waals surface area contributed by atoms with E-state index in [4.69, 9.17) is 28.7 Å². The van der Waals surface area contributed by atoms with Crippen LogP contribution < -0.4 is 34.0 Å². The van der Waals surface area contributed by atoms with E-state index < -0.39 is 161 Å². The summed E-state index contributed by atoms with van der Waals surface area (Å²) in [4.78, 5) is 212. The molecule has 14 N–H and O–H groups in total. The first kappa shape index (κ1) is 106. The molecule has 3 aromatic heterocycles. The zero-order chi connectivity index (χ0) is 98.8. The average molecular weight is 1890 g/mol. The van der Waals surface area contributed by atoms with E-state index in [9.17, 15) is 14.4 Å². The number of primary amides is 1. The molecule has 736 valence electrons. The largest absolute Gasteiger partial charge is 0.368 e. The molecule has 0 spiro atoms. The van der Waals surface area contributed by atoms with Gasteiger partial charge in [-0.05, 0) is 183 Å². The van der Waals surface area contributed by atoms with E-state index in [-0.39, 0.29) is 84.3 Å². The number of aromatic nitrogens is 4. The minimum Gasteiger partial charge on any atom is -0.368 e. The van der Waals surface area contributed by atoms with Gasteiger partial charge in [0.15, 0.2) is 0 Å². The Bertz CT molecular complexity index is 5520. The van der Waals surface area contributed by atoms with Gasteiger partial charge in [-0.2, -0.15) is 0 Å². The van der Waals surface area contributed by atoms with Crippen LogP contribution in [0.15, 0.2) is 225 Å². The molecular formula is C105H139N21O12. The highest BCUT2D eigenvalue weighted by molar-refractivity contribution is 5.96. The first-order chi connectivity index (χ1) is 66.8. The van der Waals surface area contributed by atoms with Crippen molar-refractivity contribution in [1.29, 1.82) is 0 Å². The first-order valence-electron chi connectivity index (χ1n) is 48.0. The van der Waals surface area contributed by atoms with E-state index in [1.807, 2.05) is 128 Å². The lowest BCUT2D eigenvalue weighted by atomic mass is 10.0. The summed E-state index contributed by atoms with van der Waals surface area (Å²) >= 11 is 0. The molecule has 10 rings (SSSR count). The number of nitrogens with zero attached hydrogens (tertiary/aromatic N) is 12. The Morgan fingerprint density at radius 1 is 0.297 bits per heavy atom. The number of unbranched alkanes of at least 4 members (excludes halogenated alkanes) is 4. The van der Waals surface area contributed by atoms with Crippen molar-refractivity contribution in [1.82, 2.24) is 79.2 Å². The van der Waals surface area contributed by atoms with Crippen LogP contribution in [0.1, 0.15) is 161 Å². The van der Waals surface area contributed by atoms with Gasteiger partial charge in [-0.3, -0.25) is 57.5 Å². The van der Waals surface area contributed by atoms with Crippen molar-refractivity contribution in [2.24, 2.45) is 28.7 Å². The number of H-pyrrole nitrogens is 3. The van der Waals surface area contributed by atoms with Crippen LogP contribution in [-0.2, 0) is 76.8 Å². The number of carbonyl (C=O) groups excluding carboxylic acids is 12. The molecule has 33 nitrogen and oxygen atoms in total. The number of amides is 12. The highest BCUT2D eigenvalue weighted by Gasteiger charge is 2.38. The number of benzene rings is 7. The average Bonchev–Trinajstić information content (AvgIpc) is 1.26. The summed E-state index contributed by atoms with van der Waals surface area (Å²) in [5, 5.41) is 5.15. The monoisotopic (exact) mass is 1890 g/mol. The standard InChI is InChI=1S/C105H139N21O12/c1-77(82-33-11-6-12-34-82)122(65-94(110)127)101(134)69-116(55-30-26-51-107)97(130)68-121(60-49-89-63-112-76-115-89)100(133)73-124(79(3)84-37-15-8-16-38-84)105(138)75-126(81(5)86-41-19-10-20-42-86)103(136)71-118(57-32-28-53-109)99(132)72-123(78(2)83-35-13-7-14-36-83)104(137)74-125(80(4)85-39-17-9-18-40-85)102(135)70-117(56-31-27-52-108)96(129)67-120(59-48-88-62-114-93-46-24-22-44-91(88)93)98(131)66-119(95(128)64-111-54-29-25-50-106)58-47-87-61-113-92-45-23-21-43-90(87)92/h6-24,33-46,61-63,76-81,111,113-114H,25-32,47-60,64-75,106-109H2,1-5H3,(H2,110,127)(H,112,115)/t77-,78-,79-,80-,81-/m0/s1. The van der Waals surface area contributed by atoms with Crippen molar-refractivity contribution in [2.45, 2.75) is 135 Å². The molecular weight excluding hydrogens is 1750 g/mol. The number of hydrogen-bond acceptors (Lipinski definition) is 18. The van der Waals surface area contributed by atoms with Crippen molar-refractivity contribution < 1.29 is 57.5 Å². The zero-order valence-electron chi connectivity index (χ0n) is 80.4. The van der Waals surface area contributed by atoms with Gasteiger partial charge in [0.2, 0.25) is 70.9 Å². The van der Waals surface area contributed by atoms with Crippen LogP contribution in [0.2, 0.25) is 0 Å². The number of nitrogens with one attached hydrogen (secondary N) is 4. The number of hydrogen-bond donors (Lipinski definition) is 9. The van der Waals surface area contributed by atoms with Crippen LogP contribution in [0, 0.1) is 0 Å². The lowest BCUT2D eigenvalue weighted by Crippen LogP contribution is -2.54. The maximum absolute atomic E-state index is 16.1. The molecule has 10 aromatic rings. The van der Waals surface area contributed by atoms with Crippen LogP contribution in [0.25, 0.3) is 21.8 Å². The van der Waals surface area contributed by atoms with Crippen LogP contribution in [0.5, 0.6) is 0 Å². The fourth-order valence-corrected chi connectivity index (χ4v) is 17.1. The second-order valence-electron chi connectivity index (χ2n) is 35.1. The molecule has 0 aliphatic rings. The summed E-state index contributed by atoms with van der Waals surface area (Å²) in [7, 11) is 0. The number of rotatable bonds is 59. The Hall–Kier alpha value is -13.7. The number of aromatic amines is 3. The molecule has 5 atom stereocenters. The van der Waals surface area contributed by atoms with Gasteiger partial charge in [0.05, 0.1) is 94.6 Å².